The molecule has 2 aromatic rings. The van der Waals surface area contributed by atoms with E-state index in [0.29, 0.717) is 10.6 Å². The van der Waals surface area contributed by atoms with E-state index in [4.69, 9.17) is 11.6 Å². The number of para-hydroxylation sites is 1. The van der Waals surface area contributed by atoms with Gasteiger partial charge in [-0.25, -0.2) is 0 Å². The molecule has 0 heterocycles. The van der Waals surface area contributed by atoms with E-state index in [1.54, 1.807) is 25.2 Å². The number of carbonyl (C=O) groups excluding carboxylic acids is 1. The van der Waals surface area contributed by atoms with E-state index in [9.17, 15) is 4.79 Å². The van der Waals surface area contributed by atoms with E-state index in [2.05, 4.69) is 17.6 Å². The van der Waals surface area contributed by atoms with Crippen LogP contribution in [-0.4, -0.2) is 13.0 Å². The Labute approximate surface area is 130 Å². The molecule has 0 fully saturated rings. The topological polar surface area (TPSA) is 41.1 Å². The number of carbonyl (C=O) groups is 1. The Bertz CT molecular complexity index is 640. The highest BCUT2D eigenvalue weighted by molar-refractivity contribution is 6.31. The molecule has 2 aromatic carbocycles. The molecule has 0 saturated heterocycles. The van der Waals surface area contributed by atoms with Crippen LogP contribution in [0.2, 0.25) is 5.02 Å². The average Bonchev–Trinajstić information content (AvgIpc) is 2.49. The number of hydrogen-bond acceptors (Lipinski definition) is 2. The molecule has 0 aliphatic heterocycles. The summed E-state index contributed by atoms with van der Waals surface area (Å²) in [7, 11) is 1.78. The van der Waals surface area contributed by atoms with E-state index in [1.807, 2.05) is 24.3 Å². The van der Waals surface area contributed by atoms with Crippen LogP contribution in [0.15, 0.2) is 42.5 Å². The van der Waals surface area contributed by atoms with Crippen LogP contribution in [0.3, 0.4) is 0 Å². The Morgan fingerprint density at radius 3 is 2.62 bits per heavy atom. The standard InChI is InChI=1S/C17H19ClN2O/c1-3-6-12-7-4-5-8-15(12)20-17(21)14-11-13(18)9-10-16(14)19-2/h4-5,7-11,19H,3,6H2,1-2H3,(H,20,21). The van der Waals surface area contributed by atoms with E-state index in [0.717, 1.165) is 29.8 Å². The van der Waals surface area contributed by atoms with Gasteiger partial charge in [0.05, 0.1) is 5.56 Å². The summed E-state index contributed by atoms with van der Waals surface area (Å²) in [5, 5.41) is 6.53. The fourth-order valence-corrected chi connectivity index (χ4v) is 2.41. The number of rotatable bonds is 5. The van der Waals surface area contributed by atoms with Crippen molar-refractivity contribution in [3.8, 4) is 0 Å². The second-order valence-corrected chi connectivity index (χ2v) is 5.24. The maximum Gasteiger partial charge on any atom is 0.257 e. The summed E-state index contributed by atoms with van der Waals surface area (Å²) in [6.07, 6.45) is 1.97. The number of anilines is 2. The molecule has 1 amide bonds. The summed E-state index contributed by atoms with van der Waals surface area (Å²) >= 11 is 5.99. The Kier molecular flexibility index (Phi) is 5.23. The molecule has 0 aliphatic rings. The monoisotopic (exact) mass is 302 g/mol. The number of amides is 1. The average molecular weight is 303 g/mol. The fraction of sp³-hybridized carbons (Fsp3) is 0.235. The second-order valence-electron chi connectivity index (χ2n) is 4.80. The SMILES string of the molecule is CCCc1ccccc1NC(=O)c1cc(Cl)ccc1NC. The third-order valence-electron chi connectivity index (χ3n) is 3.28. The summed E-state index contributed by atoms with van der Waals surface area (Å²) in [5.41, 5.74) is 3.29. The van der Waals surface area contributed by atoms with Crippen molar-refractivity contribution in [1.29, 1.82) is 0 Å². The Morgan fingerprint density at radius 2 is 1.90 bits per heavy atom. The third kappa shape index (κ3) is 3.76. The lowest BCUT2D eigenvalue weighted by molar-refractivity contribution is 0.102. The van der Waals surface area contributed by atoms with Crippen molar-refractivity contribution in [1.82, 2.24) is 0 Å². The van der Waals surface area contributed by atoms with Gasteiger partial charge in [0, 0.05) is 23.4 Å². The van der Waals surface area contributed by atoms with Crippen LogP contribution in [0.5, 0.6) is 0 Å². The molecular formula is C17H19ClN2O. The minimum absolute atomic E-state index is 0.162. The van der Waals surface area contributed by atoms with Gasteiger partial charge >= 0.3 is 0 Å². The summed E-state index contributed by atoms with van der Waals surface area (Å²) in [4.78, 5) is 12.5. The highest BCUT2D eigenvalue weighted by Crippen LogP contribution is 2.23. The lowest BCUT2D eigenvalue weighted by Gasteiger charge is -2.13. The predicted molar refractivity (Wildman–Crippen MR) is 89.4 cm³/mol. The second kappa shape index (κ2) is 7.14. The molecule has 2 N–H and O–H groups in total. The Morgan fingerprint density at radius 1 is 1.14 bits per heavy atom. The van der Waals surface area contributed by atoms with E-state index in [-0.39, 0.29) is 5.91 Å². The van der Waals surface area contributed by atoms with Crippen molar-refractivity contribution in [2.45, 2.75) is 19.8 Å². The van der Waals surface area contributed by atoms with Crippen molar-refractivity contribution in [2.24, 2.45) is 0 Å². The van der Waals surface area contributed by atoms with Crippen molar-refractivity contribution in [2.75, 3.05) is 17.7 Å². The first-order valence-corrected chi connectivity index (χ1v) is 7.40. The molecule has 0 unspecified atom stereocenters. The maximum absolute atomic E-state index is 12.5. The third-order valence-corrected chi connectivity index (χ3v) is 3.52. The first-order chi connectivity index (χ1) is 10.2. The Hall–Kier alpha value is -2.00. The summed E-state index contributed by atoms with van der Waals surface area (Å²) in [5.74, 6) is -0.162. The molecule has 21 heavy (non-hydrogen) atoms. The van der Waals surface area contributed by atoms with Crippen LogP contribution in [-0.2, 0) is 6.42 Å². The van der Waals surface area contributed by atoms with Crippen LogP contribution in [0.1, 0.15) is 29.3 Å². The quantitative estimate of drug-likeness (QED) is 0.848. The van der Waals surface area contributed by atoms with Gasteiger partial charge in [-0.2, -0.15) is 0 Å². The van der Waals surface area contributed by atoms with Gasteiger partial charge < -0.3 is 10.6 Å². The molecule has 0 radical (unpaired) electrons. The molecule has 0 aromatic heterocycles. The summed E-state index contributed by atoms with van der Waals surface area (Å²) in [6, 6.07) is 13.1. The molecule has 0 atom stereocenters. The molecule has 110 valence electrons. The van der Waals surface area contributed by atoms with Gasteiger partial charge in [-0.05, 0) is 36.2 Å². The van der Waals surface area contributed by atoms with Crippen molar-refractivity contribution in [3.63, 3.8) is 0 Å². The van der Waals surface area contributed by atoms with Gasteiger partial charge in [0.1, 0.15) is 0 Å². The normalized spacial score (nSPS) is 10.2. The lowest BCUT2D eigenvalue weighted by Crippen LogP contribution is -2.15. The molecule has 3 nitrogen and oxygen atoms in total. The Balaban J connectivity index is 2.28. The zero-order valence-corrected chi connectivity index (χ0v) is 13.0. The molecule has 4 heteroatoms. The molecule has 0 aliphatic carbocycles. The van der Waals surface area contributed by atoms with E-state index >= 15 is 0 Å². The van der Waals surface area contributed by atoms with Crippen molar-refractivity contribution < 1.29 is 4.79 Å². The number of hydrogen-bond donors (Lipinski definition) is 2. The molecule has 2 rings (SSSR count). The van der Waals surface area contributed by atoms with Crippen LogP contribution >= 0.6 is 11.6 Å². The minimum atomic E-state index is -0.162. The summed E-state index contributed by atoms with van der Waals surface area (Å²) < 4.78 is 0. The first-order valence-electron chi connectivity index (χ1n) is 7.02. The summed E-state index contributed by atoms with van der Waals surface area (Å²) in [6.45, 7) is 2.12. The van der Waals surface area contributed by atoms with E-state index in [1.165, 1.54) is 0 Å². The van der Waals surface area contributed by atoms with Crippen LogP contribution in [0, 0.1) is 0 Å². The smallest absolute Gasteiger partial charge is 0.257 e. The fourth-order valence-electron chi connectivity index (χ4n) is 2.24. The number of benzene rings is 2. The van der Waals surface area contributed by atoms with Crippen LogP contribution in [0.25, 0.3) is 0 Å². The van der Waals surface area contributed by atoms with Crippen molar-refractivity contribution >= 4 is 28.9 Å². The van der Waals surface area contributed by atoms with Gasteiger partial charge in [0.2, 0.25) is 0 Å². The van der Waals surface area contributed by atoms with Gasteiger partial charge in [-0.1, -0.05) is 43.1 Å². The maximum atomic E-state index is 12.5. The van der Waals surface area contributed by atoms with Gasteiger partial charge in [-0.15, -0.1) is 0 Å². The minimum Gasteiger partial charge on any atom is -0.387 e. The zero-order valence-electron chi connectivity index (χ0n) is 12.2. The number of nitrogens with one attached hydrogen (secondary N) is 2. The van der Waals surface area contributed by atoms with Gasteiger partial charge in [0.25, 0.3) is 5.91 Å². The van der Waals surface area contributed by atoms with Crippen LogP contribution < -0.4 is 10.6 Å². The highest BCUT2D eigenvalue weighted by atomic mass is 35.5. The van der Waals surface area contributed by atoms with E-state index < -0.39 is 0 Å². The predicted octanol–water partition coefficient (Wildman–Crippen LogP) is 4.59. The largest absolute Gasteiger partial charge is 0.387 e. The molecule has 0 spiro atoms. The molecule has 0 bridgehead atoms. The van der Waals surface area contributed by atoms with Gasteiger partial charge in [-0.3, -0.25) is 4.79 Å². The van der Waals surface area contributed by atoms with Gasteiger partial charge in [0.15, 0.2) is 0 Å². The number of aryl methyl sites for hydroxylation is 1. The number of halogens is 1. The first kappa shape index (κ1) is 15.4. The highest BCUT2D eigenvalue weighted by Gasteiger charge is 2.13. The van der Waals surface area contributed by atoms with Crippen molar-refractivity contribution in [3.05, 3.63) is 58.6 Å². The molecule has 0 saturated carbocycles. The molecular weight excluding hydrogens is 284 g/mol. The lowest BCUT2D eigenvalue weighted by atomic mass is 10.1. The van der Waals surface area contributed by atoms with Crippen LogP contribution in [0.4, 0.5) is 11.4 Å². The zero-order chi connectivity index (χ0) is 15.2.